The lowest BCUT2D eigenvalue weighted by Crippen LogP contribution is -2.30. The summed E-state index contributed by atoms with van der Waals surface area (Å²) >= 11 is 5.16. The Hall–Kier alpha value is -2.14. The molecule has 1 amide bonds. The van der Waals surface area contributed by atoms with Crippen LogP contribution in [0.15, 0.2) is 36.5 Å². The number of carbonyl (C=O) groups excluding carboxylic acids is 1. The molecule has 1 aromatic carbocycles. The van der Waals surface area contributed by atoms with E-state index in [1.165, 1.54) is 11.1 Å². The minimum atomic E-state index is -0.118. The van der Waals surface area contributed by atoms with Gasteiger partial charge in [0.15, 0.2) is 0 Å². The summed E-state index contributed by atoms with van der Waals surface area (Å²) in [5.41, 5.74) is 3.16. The second kappa shape index (κ2) is 6.96. The molecule has 5 heteroatoms. The van der Waals surface area contributed by atoms with Gasteiger partial charge < -0.3 is 15.0 Å². The first-order valence-electron chi connectivity index (χ1n) is 7.81. The number of carbonyl (C=O) groups is 1. The third-order valence-corrected chi connectivity index (χ3v) is 4.70. The fourth-order valence-electron chi connectivity index (χ4n) is 3.14. The number of ether oxygens (including phenoxy) is 1. The number of rotatable bonds is 4. The molecule has 0 bridgehead atoms. The Balaban J connectivity index is 1.72. The fourth-order valence-corrected chi connectivity index (χ4v) is 3.37. The molecule has 0 aliphatic heterocycles. The van der Waals surface area contributed by atoms with Crippen molar-refractivity contribution in [2.75, 3.05) is 13.7 Å². The minimum Gasteiger partial charge on any atom is -0.497 e. The van der Waals surface area contributed by atoms with Crippen LogP contribution in [0.4, 0.5) is 0 Å². The lowest BCUT2D eigenvalue weighted by molar-refractivity contribution is 0.0949. The van der Waals surface area contributed by atoms with Gasteiger partial charge in [-0.25, -0.2) is 0 Å². The Morgan fingerprint density at radius 3 is 3.09 bits per heavy atom. The Bertz CT molecular complexity index is 770. The Morgan fingerprint density at radius 1 is 1.43 bits per heavy atom. The number of hydrogen-bond acceptors (Lipinski definition) is 3. The minimum absolute atomic E-state index is 0.118. The van der Waals surface area contributed by atoms with Crippen LogP contribution in [-0.2, 0) is 6.42 Å². The normalized spacial score (nSPS) is 16.5. The van der Waals surface area contributed by atoms with Crippen LogP contribution in [0.5, 0.6) is 5.75 Å². The predicted molar refractivity (Wildman–Crippen MR) is 92.6 cm³/mol. The van der Waals surface area contributed by atoms with E-state index >= 15 is 0 Å². The van der Waals surface area contributed by atoms with Crippen LogP contribution < -0.4 is 10.1 Å². The highest BCUT2D eigenvalue weighted by molar-refractivity contribution is 7.71. The summed E-state index contributed by atoms with van der Waals surface area (Å²) in [4.78, 5) is 15.2. The summed E-state index contributed by atoms with van der Waals surface area (Å²) < 4.78 is 5.77. The molecule has 2 N–H and O–H groups in total. The van der Waals surface area contributed by atoms with Crippen LogP contribution in [-0.4, -0.2) is 24.5 Å². The van der Waals surface area contributed by atoms with Crippen molar-refractivity contribution in [1.82, 2.24) is 10.3 Å². The molecule has 1 heterocycles. The maximum absolute atomic E-state index is 12.3. The van der Waals surface area contributed by atoms with Crippen LogP contribution in [0.1, 0.15) is 40.2 Å². The molecule has 0 radical (unpaired) electrons. The van der Waals surface area contributed by atoms with Gasteiger partial charge in [0.1, 0.15) is 10.4 Å². The number of aromatic amines is 1. The molecule has 4 nitrogen and oxygen atoms in total. The van der Waals surface area contributed by atoms with Gasteiger partial charge in [0.2, 0.25) is 0 Å². The molecule has 23 heavy (non-hydrogen) atoms. The van der Waals surface area contributed by atoms with Gasteiger partial charge in [-0.2, -0.15) is 0 Å². The highest BCUT2D eigenvalue weighted by atomic mass is 32.1. The second-order valence-electron chi connectivity index (χ2n) is 5.78. The molecular weight excluding hydrogens is 308 g/mol. The van der Waals surface area contributed by atoms with Gasteiger partial charge in [0.25, 0.3) is 5.91 Å². The van der Waals surface area contributed by atoms with E-state index in [1.807, 2.05) is 6.07 Å². The molecule has 3 rings (SSSR count). The highest BCUT2D eigenvalue weighted by Gasteiger charge is 2.21. The van der Waals surface area contributed by atoms with E-state index in [9.17, 15) is 4.79 Å². The van der Waals surface area contributed by atoms with E-state index in [4.69, 9.17) is 17.0 Å². The van der Waals surface area contributed by atoms with E-state index in [0.29, 0.717) is 22.7 Å². The second-order valence-corrected chi connectivity index (χ2v) is 6.19. The number of fused-ring (bicyclic) bond motifs is 1. The number of methoxy groups -OCH3 is 1. The molecule has 0 saturated carbocycles. The molecule has 120 valence electrons. The first-order valence-corrected chi connectivity index (χ1v) is 8.22. The van der Waals surface area contributed by atoms with Gasteiger partial charge in [-0.15, -0.1) is 0 Å². The number of nitrogens with one attached hydrogen (secondary N) is 2. The van der Waals surface area contributed by atoms with E-state index in [1.54, 1.807) is 25.4 Å². The largest absolute Gasteiger partial charge is 0.497 e. The summed E-state index contributed by atoms with van der Waals surface area (Å²) in [5, 5.41) is 3.02. The molecule has 2 aromatic rings. The third-order valence-electron chi connectivity index (χ3n) is 4.36. The zero-order valence-corrected chi connectivity index (χ0v) is 13.9. The summed E-state index contributed by atoms with van der Waals surface area (Å²) in [6.07, 6.45) is 5.01. The van der Waals surface area contributed by atoms with Crippen molar-refractivity contribution in [3.05, 3.63) is 57.9 Å². The average Bonchev–Trinajstić information content (AvgIpc) is 2.59. The Morgan fingerprint density at radius 2 is 2.30 bits per heavy atom. The van der Waals surface area contributed by atoms with Crippen molar-refractivity contribution in [3.63, 3.8) is 0 Å². The van der Waals surface area contributed by atoms with E-state index in [-0.39, 0.29) is 5.91 Å². The fraction of sp³-hybridized carbons (Fsp3) is 0.333. The number of aryl methyl sites for hydroxylation is 1. The average molecular weight is 328 g/mol. The molecule has 0 fully saturated rings. The standard InChI is InChI=1S/C18H20N2O2S/c1-22-14-7-8-15-12(10-14)4-2-5-13(15)11-20-17(21)16-6-3-9-19-18(16)23/h3,6-10,13H,2,4-5,11H2,1H3,(H,19,23)(H,20,21)/t13-/m0/s1. The van der Waals surface area contributed by atoms with Gasteiger partial charge in [-0.1, -0.05) is 18.3 Å². The maximum Gasteiger partial charge on any atom is 0.254 e. The topological polar surface area (TPSA) is 54.1 Å². The summed E-state index contributed by atoms with van der Waals surface area (Å²) in [5.74, 6) is 1.12. The van der Waals surface area contributed by atoms with Crippen LogP contribution in [0, 0.1) is 4.64 Å². The number of aromatic nitrogens is 1. The SMILES string of the molecule is COc1ccc2c(c1)CCC[C@H]2CNC(=O)c1ccc[nH]c1=S. The molecule has 0 spiro atoms. The lowest BCUT2D eigenvalue weighted by Gasteiger charge is -2.26. The Labute approximate surface area is 140 Å². The molecule has 1 aromatic heterocycles. The Kier molecular flexibility index (Phi) is 4.76. The van der Waals surface area contributed by atoms with Gasteiger partial charge in [-0.05, 0) is 54.7 Å². The molecular formula is C18H20N2O2S. The van der Waals surface area contributed by atoms with Crippen LogP contribution in [0.2, 0.25) is 0 Å². The number of H-pyrrole nitrogens is 1. The van der Waals surface area contributed by atoms with Crippen molar-refractivity contribution in [2.45, 2.75) is 25.2 Å². The van der Waals surface area contributed by atoms with Crippen molar-refractivity contribution < 1.29 is 9.53 Å². The van der Waals surface area contributed by atoms with Crippen molar-refractivity contribution in [3.8, 4) is 5.75 Å². The lowest BCUT2D eigenvalue weighted by atomic mass is 9.82. The molecule has 0 unspecified atom stereocenters. The summed E-state index contributed by atoms with van der Waals surface area (Å²) in [6, 6.07) is 9.75. The third kappa shape index (κ3) is 3.45. The molecule has 1 atom stereocenters. The van der Waals surface area contributed by atoms with Crippen LogP contribution in [0.3, 0.4) is 0 Å². The predicted octanol–water partition coefficient (Wildman–Crippen LogP) is 3.60. The summed E-state index contributed by atoms with van der Waals surface area (Å²) in [6.45, 7) is 0.627. The van der Waals surface area contributed by atoms with Gasteiger partial charge in [0, 0.05) is 18.7 Å². The zero-order valence-electron chi connectivity index (χ0n) is 13.1. The van der Waals surface area contributed by atoms with Crippen LogP contribution >= 0.6 is 12.2 Å². The number of benzene rings is 1. The van der Waals surface area contributed by atoms with Gasteiger partial charge >= 0.3 is 0 Å². The maximum atomic E-state index is 12.3. The number of amides is 1. The van der Waals surface area contributed by atoms with E-state index in [0.717, 1.165) is 25.0 Å². The molecule has 0 saturated heterocycles. The molecule has 1 aliphatic rings. The molecule has 1 aliphatic carbocycles. The van der Waals surface area contributed by atoms with Gasteiger partial charge in [-0.3, -0.25) is 4.79 Å². The smallest absolute Gasteiger partial charge is 0.254 e. The first-order chi connectivity index (χ1) is 11.2. The first kappa shape index (κ1) is 15.7. The number of hydrogen-bond donors (Lipinski definition) is 2. The summed E-state index contributed by atoms with van der Waals surface area (Å²) in [7, 11) is 1.69. The van der Waals surface area contributed by atoms with E-state index < -0.39 is 0 Å². The number of pyridine rings is 1. The van der Waals surface area contributed by atoms with Gasteiger partial charge in [0.05, 0.1) is 12.7 Å². The zero-order chi connectivity index (χ0) is 16.2. The van der Waals surface area contributed by atoms with Crippen LogP contribution in [0.25, 0.3) is 0 Å². The quantitative estimate of drug-likeness (QED) is 0.843. The highest BCUT2D eigenvalue weighted by Crippen LogP contribution is 2.33. The van der Waals surface area contributed by atoms with Crippen molar-refractivity contribution in [2.24, 2.45) is 0 Å². The van der Waals surface area contributed by atoms with Crippen molar-refractivity contribution >= 4 is 18.1 Å². The van der Waals surface area contributed by atoms with E-state index in [2.05, 4.69) is 22.4 Å². The van der Waals surface area contributed by atoms with Crippen molar-refractivity contribution in [1.29, 1.82) is 0 Å². The monoisotopic (exact) mass is 328 g/mol.